The monoisotopic (exact) mass is 376 g/mol. The number of esters is 1. The van der Waals surface area contributed by atoms with E-state index in [0.29, 0.717) is 12.8 Å². The third-order valence-corrected chi connectivity index (χ3v) is 3.82. The molecule has 0 aliphatic rings. The van der Waals surface area contributed by atoms with Crippen molar-refractivity contribution >= 4 is 28.6 Å². The van der Waals surface area contributed by atoms with Crippen LogP contribution in [0.2, 0.25) is 0 Å². The van der Waals surface area contributed by atoms with Crippen LogP contribution in [-0.2, 0) is 9.53 Å². The molecule has 19 heavy (non-hydrogen) atoms. The largest absolute Gasteiger partial charge is 0.459 e. The maximum atomic E-state index is 11.7. The van der Waals surface area contributed by atoms with Crippen molar-refractivity contribution in [2.75, 3.05) is 0 Å². The van der Waals surface area contributed by atoms with Crippen molar-refractivity contribution in [3.05, 3.63) is 33.4 Å². The molecule has 0 aromatic heterocycles. The molecule has 0 saturated heterocycles. The molecule has 0 aliphatic carbocycles. The zero-order chi connectivity index (χ0) is 14.4. The Morgan fingerprint density at radius 2 is 2.00 bits per heavy atom. The number of hydrogen-bond donors (Lipinski definition) is 1. The molecule has 0 radical (unpaired) electrons. The Hall–Kier alpha value is -0.620. The molecule has 0 saturated carbocycles. The lowest BCUT2D eigenvalue weighted by Gasteiger charge is -2.23. The van der Waals surface area contributed by atoms with Crippen LogP contribution in [0.1, 0.15) is 45.3 Å². The van der Waals surface area contributed by atoms with Crippen molar-refractivity contribution < 1.29 is 14.6 Å². The summed E-state index contributed by atoms with van der Waals surface area (Å²) in [5, 5.41) is 10.4. The minimum Gasteiger partial charge on any atom is -0.459 e. The molecule has 4 heteroatoms. The number of rotatable bonds is 6. The fourth-order valence-corrected chi connectivity index (χ4v) is 2.54. The zero-order valence-electron chi connectivity index (χ0n) is 11.6. The molecule has 0 spiro atoms. The summed E-state index contributed by atoms with van der Waals surface area (Å²) in [5.74, 6) is 0.0193. The van der Waals surface area contributed by atoms with E-state index in [9.17, 15) is 9.90 Å². The van der Waals surface area contributed by atoms with Crippen molar-refractivity contribution in [2.45, 2.75) is 45.8 Å². The van der Waals surface area contributed by atoms with E-state index in [1.54, 1.807) is 0 Å². The van der Waals surface area contributed by atoms with Gasteiger partial charge in [0.15, 0.2) is 0 Å². The molecule has 0 fully saturated rings. The van der Waals surface area contributed by atoms with Crippen LogP contribution in [0, 0.1) is 9.49 Å². The molecule has 1 N–H and O–H groups in total. The highest BCUT2D eigenvalue weighted by Crippen LogP contribution is 2.26. The fraction of sp³-hybridized carbons (Fsp3) is 0.533. The summed E-state index contributed by atoms with van der Waals surface area (Å²) < 4.78 is 6.37. The van der Waals surface area contributed by atoms with E-state index < -0.39 is 12.2 Å². The van der Waals surface area contributed by atoms with E-state index in [-0.39, 0.29) is 11.9 Å². The third-order valence-electron chi connectivity index (χ3n) is 2.84. The van der Waals surface area contributed by atoms with Crippen LogP contribution >= 0.6 is 22.6 Å². The van der Waals surface area contributed by atoms with Gasteiger partial charge in [0.2, 0.25) is 0 Å². The summed E-state index contributed by atoms with van der Waals surface area (Å²) in [6.07, 6.45) is -0.276. The van der Waals surface area contributed by atoms with Gasteiger partial charge in [0, 0.05) is 9.99 Å². The maximum absolute atomic E-state index is 11.7. The minimum absolute atomic E-state index is 0.244. The number of carbonyl (C=O) groups is 1. The molecule has 1 rings (SSSR count). The highest BCUT2D eigenvalue weighted by Gasteiger charge is 2.24. The molecule has 0 amide bonds. The average Bonchev–Trinajstić information content (AvgIpc) is 2.35. The van der Waals surface area contributed by atoms with E-state index in [0.717, 1.165) is 9.13 Å². The van der Waals surface area contributed by atoms with Crippen LogP contribution in [0.3, 0.4) is 0 Å². The lowest BCUT2D eigenvalue weighted by atomic mass is 10.0. The molecule has 2 atom stereocenters. The van der Waals surface area contributed by atoms with Gasteiger partial charge in [-0.3, -0.25) is 4.79 Å². The number of halogens is 1. The van der Waals surface area contributed by atoms with Crippen molar-refractivity contribution in [3.63, 3.8) is 0 Å². The third kappa shape index (κ3) is 5.10. The van der Waals surface area contributed by atoms with Gasteiger partial charge < -0.3 is 9.84 Å². The Morgan fingerprint density at radius 1 is 1.37 bits per heavy atom. The number of aliphatic hydroxyl groups is 1. The second-order valence-electron chi connectivity index (χ2n) is 5.00. The van der Waals surface area contributed by atoms with E-state index in [1.807, 2.05) is 45.0 Å². The Balaban J connectivity index is 2.74. The standard InChI is InChI=1S/C15H21IO3/c1-4-13(19-14(17)9-10(2)3)15(18)11-7-5-6-8-12(11)16/h5-8,10,13,15,18H,4,9H2,1-3H3/t13-,15-/m0/s1. The SMILES string of the molecule is CC[C@H](OC(=O)CC(C)C)[C@@H](O)c1ccccc1I. The van der Waals surface area contributed by atoms with Crippen LogP contribution in [-0.4, -0.2) is 17.2 Å². The number of carbonyl (C=O) groups excluding carboxylic acids is 1. The summed E-state index contributed by atoms with van der Waals surface area (Å²) in [5.41, 5.74) is 0.812. The van der Waals surface area contributed by atoms with Gasteiger partial charge >= 0.3 is 5.97 Å². The molecule has 0 unspecified atom stereocenters. The molecule has 1 aromatic carbocycles. The topological polar surface area (TPSA) is 46.5 Å². The van der Waals surface area contributed by atoms with Crippen molar-refractivity contribution in [3.8, 4) is 0 Å². The average molecular weight is 376 g/mol. The maximum Gasteiger partial charge on any atom is 0.306 e. The quantitative estimate of drug-likeness (QED) is 0.609. The highest BCUT2D eigenvalue weighted by atomic mass is 127. The van der Waals surface area contributed by atoms with Gasteiger partial charge in [-0.1, -0.05) is 39.0 Å². The first-order valence-electron chi connectivity index (χ1n) is 6.57. The van der Waals surface area contributed by atoms with E-state index in [2.05, 4.69) is 22.6 Å². The Kier molecular flexibility index (Phi) is 6.79. The first-order chi connectivity index (χ1) is 8.95. The molecule has 106 valence electrons. The normalized spacial score (nSPS) is 14.2. The summed E-state index contributed by atoms with van der Waals surface area (Å²) >= 11 is 2.18. The first kappa shape index (κ1) is 16.4. The summed E-state index contributed by atoms with van der Waals surface area (Å²) in [7, 11) is 0. The summed E-state index contributed by atoms with van der Waals surface area (Å²) in [6.45, 7) is 5.85. The van der Waals surface area contributed by atoms with Crippen molar-refractivity contribution in [1.29, 1.82) is 0 Å². The van der Waals surface area contributed by atoms with Gasteiger partial charge in [-0.15, -0.1) is 0 Å². The van der Waals surface area contributed by atoms with E-state index in [1.165, 1.54) is 0 Å². The van der Waals surface area contributed by atoms with Crippen molar-refractivity contribution in [2.24, 2.45) is 5.92 Å². The Labute approximate surface area is 128 Å². The fourth-order valence-electron chi connectivity index (χ4n) is 1.84. The molecule has 0 bridgehead atoms. The second-order valence-corrected chi connectivity index (χ2v) is 6.16. The van der Waals surface area contributed by atoms with Gasteiger partial charge in [-0.2, -0.15) is 0 Å². The van der Waals surface area contributed by atoms with Gasteiger partial charge in [-0.05, 0) is 46.6 Å². The second kappa shape index (κ2) is 7.85. The smallest absolute Gasteiger partial charge is 0.306 e. The highest BCUT2D eigenvalue weighted by molar-refractivity contribution is 14.1. The zero-order valence-corrected chi connectivity index (χ0v) is 13.8. The lowest BCUT2D eigenvalue weighted by Crippen LogP contribution is -2.26. The van der Waals surface area contributed by atoms with E-state index >= 15 is 0 Å². The predicted octanol–water partition coefficient (Wildman–Crippen LogP) is 3.69. The molecular formula is C15H21IO3. The number of hydrogen-bond acceptors (Lipinski definition) is 3. The lowest BCUT2D eigenvalue weighted by molar-refractivity contribution is -0.156. The molecule has 1 aromatic rings. The van der Waals surface area contributed by atoms with Crippen molar-refractivity contribution in [1.82, 2.24) is 0 Å². The van der Waals surface area contributed by atoms with Gasteiger partial charge in [0.25, 0.3) is 0 Å². The van der Waals surface area contributed by atoms with Crippen LogP contribution in [0.4, 0.5) is 0 Å². The summed E-state index contributed by atoms with van der Waals surface area (Å²) in [4.78, 5) is 11.7. The summed E-state index contributed by atoms with van der Waals surface area (Å²) in [6, 6.07) is 7.60. The van der Waals surface area contributed by atoms with Gasteiger partial charge in [0.1, 0.15) is 12.2 Å². The molecule has 0 aliphatic heterocycles. The number of ether oxygens (including phenoxy) is 1. The number of aliphatic hydroxyl groups excluding tert-OH is 1. The van der Waals surface area contributed by atoms with Gasteiger partial charge in [0.05, 0.1) is 0 Å². The number of benzene rings is 1. The molecule has 0 heterocycles. The predicted molar refractivity (Wildman–Crippen MR) is 83.7 cm³/mol. The Morgan fingerprint density at radius 3 is 2.53 bits per heavy atom. The molecule has 3 nitrogen and oxygen atoms in total. The van der Waals surface area contributed by atoms with E-state index in [4.69, 9.17) is 4.74 Å². The van der Waals surface area contributed by atoms with Crippen LogP contribution in [0.15, 0.2) is 24.3 Å². The van der Waals surface area contributed by atoms with Gasteiger partial charge in [-0.25, -0.2) is 0 Å². The minimum atomic E-state index is -0.769. The van der Waals surface area contributed by atoms with Crippen LogP contribution in [0.5, 0.6) is 0 Å². The van der Waals surface area contributed by atoms with Crippen LogP contribution in [0.25, 0.3) is 0 Å². The van der Waals surface area contributed by atoms with Crippen LogP contribution < -0.4 is 0 Å². The first-order valence-corrected chi connectivity index (χ1v) is 7.65. The Bertz CT molecular complexity index is 418. The molecular weight excluding hydrogens is 355 g/mol.